The average molecular weight is 172 g/mol. The molecular weight excluding hydrogens is 156 g/mol. The maximum Gasteiger partial charge on any atom is 0.168 e. The smallest absolute Gasteiger partial charge is 0.168 e. The average Bonchev–Trinajstić information content (AvgIpc) is 2.20. The zero-order valence-corrected chi connectivity index (χ0v) is 7.92. The topological polar surface area (TPSA) is 27.7 Å². The zero-order chi connectivity index (χ0) is 8.82. The van der Waals surface area contributed by atoms with Crippen molar-refractivity contribution >= 4 is 0 Å². The molecule has 2 aliphatic rings. The number of hydrogen-bond acceptors (Lipinski definition) is 3. The Balaban J connectivity index is 2.16. The Hall–Kier alpha value is -0.120. The van der Waals surface area contributed by atoms with E-state index in [0.29, 0.717) is 13.2 Å². The summed E-state index contributed by atoms with van der Waals surface area (Å²) in [7, 11) is 0. The first-order chi connectivity index (χ1) is 5.49. The van der Waals surface area contributed by atoms with Gasteiger partial charge in [-0.3, -0.25) is 0 Å². The van der Waals surface area contributed by atoms with Crippen LogP contribution < -0.4 is 0 Å². The molecule has 3 heteroatoms. The van der Waals surface area contributed by atoms with Crippen molar-refractivity contribution in [3.05, 3.63) is 0 Å². The molecule has 0 radical (unpaired) electrons. The minimum atomic E-state index is -0.412. The number of ether oxygens (including phenoxy) is 3. The molecule has 0 spiro atoms. The van der Waals surface area contributed by atoms with Crippen LogP contribution in [0.4, 0.5) is 0 Å². The third kappa shape index (κ3) is 1.49. The van der Waals surface area contributed by atoms with E-state index in [2.05, 4.69) is 13.8 Å². The normalized spacial score (nSPS) is 45.8. The lowest BCUT2D eigenvalue weighted by Gasteiger charge is -2.31. The predicted octanol–water partition coefficient (Wildman–Crippen LogP) is 1.32. The maximum atomic E-state index is 5.70. The van der Waals surface area contributed by atoms with E-state index < -0.39 is 5.79 Å². The van der Waals surface area contributed by atoms with E-state index in [-0.39, 0.29) is 11.7 Å². The van der Waals surface area contributed by atoms with Crippen LogP contribution in [0, 0.1) is 0 Å². The van der Waals surface area contributed by atoms with Gasteiger partial charge in [-0.15, -0.1) is 0 Å². The van der Waals surface area contributed by atoms with Crippen LogP contribution in [0.3, 0.4) is 0 Å². The van der Waals surface area contributed by atoms with E-state index in [1.165, 1.54) is 0 Å². The van der Waals surface area contributed by atoms with Crippen LogP contribution in [0.2, 0.25) is 0 Å². The molecule has 3 nitrogen and oxygen atoms in total. The van der Waals surface area contributed by atoms with Gasteiger partial charge in [0, 0.05) is 6.42 Å². The summed E-state index contributed by atoms with van der Waals surface area (Å²) in [6.07, 6.45) is 0.938. The van der Waals surface area contributed by atoms with Gasteiger partial charge in [-0.25, -0.2) is 0 Å². The van der Waals surface area contributed by atoms with Gasteiger partial charge in [-0.2, -0.15) is 0 Å². The van der Waals surface area contributed by atoms with Gasteiger partial charge >= 0.3 is 0 Å². The summed E-state index contributed by atoms with van der Waals surface area (Å²) in [5.74, 6) is -0.412. The molecule has 0 aromatic carbocycles. The Bertz CT molecular complexity index is 190. The first kappa shape index (κ1) is 8.48. The lowest BCUT2D eigenvalue weighted by molar-refractivity contribution is -0.167. The molecule has 0 aliphatic carbocycles. The predicted molar refractivity (Wildman–Crippen MR) is 43.9 cm³/mol. The van der Waals surface area contributed by atoms with Crippen molar-refractivity contribution in [3.63, 3.8) is 0 Å². The van der Waals surface area contributed by atoms with Gasteiger partial charge in [0.2, 0.25) is 0 Å². The number of rotatable bonds is 0. The van der Waals surface area contributed by atoms with Crippen molar-refractivity contribution < 1.29 is 14.2 Å². The molecule has 0 saturated carbocycles. The Morgan fingerprint density at radius 1 is 1.08 bits per heavy atom. The Labute approximate surface area is 73.0 Å². The van der Waals surface area contributed by atoms with Crippen molar-refractivity contribution in [1.82, 2.24) is 0 Å². The molecule has 2 fully saturated rings. The van der Waals surface area contributed by atoms with Crippen LogP contribution in [0.1, 0.15) is 27.2 Å². The fourth-order valence-corrected chi connectivity index (χ4v) is 2.01. The maximum absolute atomic E-state index is 5.70. The summed E-state index contributed by atoms with van der Waals surface area (Å²) in [5.41, 5.74) is -0.121. The summed E-state index contributed by atoms with van der Waals surface area (Å²) < 4.78 is 17.0. The van der Waals surface area contributed by atoms with E-state index in [1.807, 2.05) is 6.92 Å². The highest BCUT2D eigenvalue weighted by Gasteiger charge is 2.45. The number of hydrogen-bond donors (Lipinski definition) is 0. The van der Waals surface area contributed by atoms with Crippen molar-refractivity contribution in [2.45, 2.75) is 44.7 Å². The van der Waals surface area contributed by atoms with Crippen molar-refractivity contribution in [1.29, 1.82) is 0 Å². The molecular formula is C9H16O3. The van der Waals surface area contributed by atoms with Gasteiger partial charge in [0.25, 0.3) is 0 Å². The van der Waals surface area contributed by atoms with E-state index in [4.69, 9.17) is 14.2 Å². The first-order valence-corrected chi connectivity index (χ1v) is 4.45. The van der Waals surface area contributed by atoms with Gasteiger partial charge in [-0.1, -0.05) is 0 Å². The molecule has 2 heterocycles. The minimum absolute atomic E-state index is 0.121. The summed E-state index contributed by atoms with van der Waals surface area (Å²) in [6, 6.07) is 0. The van der Waals surface area contributed by atoms with E-state index in [1.54, 1.807) is 0 Å². The summed E-state index contributed by atoms with van der Waals surface area (Å²) in [5, 5.41) is 0. The first-order valence-electron chi connectivity index (χ1n) is 4.45. The SMILES string of the molecule is CC1(C)CC2(C)OCC(CO1)O2. The quantitative estimate of drug-likeness (QED) is 0.551. The van der Waals surface area contributed by atoms with Gasteiger partial charge in [0.05, 0.1) is 18.8 Å². The van der Waals surface area contributed by atoms with Crippen LogP contribution in [-0.2, 0) is 14.2 Å². The third-order valence-corrected chi connectivity index (χ3v) is 2.40. The van der Waals surface area contributed by atoms with Crippen molar-refractivity contribution in [2.75, 3.05) is 13.2 Å². The molecule has 0 amide bonds. The van der Waals surface area contributed by atoms with Crippen LogP contribution in [-0.4, -0.2) is 30.7 Å². The summed E-state index contributed by atoms with van der Waals surface area (Å²) in [6.45, 7) is 7.47. The second kappa shape index (κ2) is 2.44. The van der Waals surface area contributed by atoms with E-state index >= 15 is 0 Å². The molecule has 70 valence electrons. The fraction of sp³-hybridized carbons (Fsp3) is 1.00. The molecule has 0 aromatic heterocycles. The van der Waals surface area contributed by atoms with Crippen LogP contribution in [0.15, 0.2) is 0 Å². The Morgan fingerprint density at radius 3 is 2.50 bits per heavy atom. The lowest BCUT2D eigenvalue weighted by Crippen LogP contribution is -2.36. The second-order valence-corrected chi connectivity index (χ2v) is 4.43. The van der Waals surface area contributed by atoms with Crippen LogP contribution in [0.5, 0.6) is 0 Å². The highest BCUT2D eigenvalue weighted by molar-refractivity contribution is 4.86. The molecule has 2 rings (SSSR count). The van der Waals surface area contributed by atoms with Crippen molar-refractivity contribution in [3.8, 4) is 0 Å². The number of fused-ring (bicyclic) bond motifs is 2. The van der Waals surface area contributed by atoms with Crippen LogP contribution >= 0.6 is 0 Å². The fourth-order valence-electron chi connectivity index (χ4n) is 2.01. The van der Waals surface area contributed by atoms with Gasteiger partial charge in [-0.05, 0) is 20.8 Å². The molecule has 2 bridgehead atoms. The molecule has 2 aliphatic heterocycles. The lowest BCUT2D eigenvalue weighted by atomic mass is 9.99. The standard InChI is InChI=1S/C9H16O3/c1-8(2)6-9(3)11-5-7(12-9)4-10-8/h7H,4-6H2,1-3H3. The largest absolute Gasteiger partial charge is 0.373 e. The second-order valence-electron chi connectivity index (χ2n) is 4.43. The monoisotopic (exact) mass is 172 g/mol. The van der Waals surface area contributed by atoms with E-state index in [0.717, 1.165) is 6.42 Å². The highest BCUT2D eigenvalue weighted by Crippen LogP contribution is 2.36. The summed E-state index contributed by atoms with van der Waals surface area (Å²) in [4.78, 5) is 0. The van der Waals surface area contributed by atoms with Crippen LogP contribution in [0.25, 0.3) is 0 Å². The minimum Gasteiger partial charge on any atom is -0.373 e. The van der Waals surface area contributed by atoms with Crippen molar-refractivity contribution in [2.24, 2.45) is 0 Å². The molecule has 0 N–H and O–H groups in total. The van der Waals surface area contributed by atoms with Gasteiger partial charge < -0.3 is 14.2 Å². The van der Waals surface area contributed by atoms with Gasteiger partial charge in [0.15, 0.2) is 5.79 Å². The van der Waals surface area contributed by atoms with Gasteiger partial charge in [0.1, 0.15) is 6.10 Å². The molecule has 2 unspecified atom stereocenters. The van der Waals surface area contributed by atoms with E-state index in [9.17, 15) is 0 Å². The zero-order valence-electron chi connectivity index (χ0n) is 7.92. The molecule has 2 atom stereocenters. The molecule has 0 aromatic rings. The molecule has 2 saturated heterocycles. The molecule has 12 heavy (non-hydrogen) atoms. The Morgan fingerprint density at radius 2 is 1.75 bits per heavy atom. The third-order valence-electron chi connectivity index (χ3n) is 2.40. The Kier molecular flexibility index (Phi) is 1.72. The summed E-state index contributed by atoms with van der Waals surface area (Å²) >= 11 is 0. The highest BCUT2D eigenvalue weighted by atomic mass is 16.8.